The fourth-order valence-electron chi connectivity index (χ4n) is 1.78. The average Bonchev–Trinajstić information content (AvgIpc) is 2.24. The predicted octanol–water partition coefficient (Wildman–Crippen LogP) is 1.60. The minimum atomic E-state index is -0.949. The summed E-state index contributed by atoms with van der Waals surface area (Å²) < 4.78 is 0. The second-order valence-corrected chi connectivity index (χ2v) is 4.37. The van der Waals surface area contributed by atoms with Crippen LogP contribution in [-0.4, -0.2) is 23.0 Å². The highest BCUT2D eigenvalue weighted by Gasteiger charge is 2.19. The van der Waals surface area contributed by atoms with E-state index in [0.717, 1.165) is 18.4 Å². The molecule has 1 amide bonds. The highest BCUT2D eigenvalue weighted by atomic mass is 16.4. The van der Waals surface area contributed by atoms with Gasteiger partial charge in [0.15, 0.2) is 0 Å². The second kappa shape index (κ2) is 4.99. The van der Waals surface area contributed by atoms with Crippen LogP contribution in [0.1, 0.15) is 35.2 Å². The maximum Gasteiger partial charge on any atom is 0.335 e. The zero-order valence-electron chi connectivity index (χ0n) is 9.48. The third kappa shape index (κ3) is 3.06. The number of benzene rings is 1. The van der Waals surface area contributed by atoms with Crippen LogP contribution in [0.3, 0.4) is 0 Å². The maximum atomic E-state index is 11.6. The quantitative estimate of drug-likeness (QED) is 0.830. The van der Waals surface area contributed by atoms with E-state index in [1.807, 2.05) is 0 Å². The van der Waals surface area contributed by atoms with Gasteiger partial charge >= 0.3 is 5.97 Å². The van der Waals surface area contributed by atoms with E-state index >= 15 is 0 Å². The van der Waals surface area contributed by atoms with Crippen molar-refractivity contribution in [2.24, 2.45) is 0 Å². The van der Waals surface area contributed by atoms with Crippen molar-refractivity contribution in [3.8, 4) is 0 Å². The summed E-state index contributed by atoms with van der Waals surface area (Å²) in [7, 11) is 0. The number of carbonyl (C=O) groups is 2. The highest BCUT2D eigenvalue weighted by Crippen LogP contribution is 2.18. The van der Waals surface area contributed by atoms with Crippen molar-refractivity contribution in [2.45, 2.75) is 31.7 Å². The third-order valence-electron chi connectivity index (χ3n) is 3.04. The van der Waals surface area contributed by atoms with Crippen LogP contribution in [0.15, 0.2) is 24.3 Å². The Balaban J connectivity index is 1.89. The van der Waals surface area contributed by atoms with Crippen LogP contribution in [-0.2, 0) is 11.2 Å². The number of hydrogen-bond acceptors (Lipinski definition) is 2. The second-order valence-electron chi connectivity index (χ2n) is 4.37. The van der Waals surface area contributed by atoms with Crippen LogP contribution in [0.4, 0.5) is 0 Å². The van der Waals surface area contributed by atoms with Gasteiger partial charge in [-0.1, -0.05) is 12.1 Å². The minimum absolute atomic E-state index is 0.0118. The summed E-state index contributed by atoms with van der Waals surface area (Å²) >= 11 is 0. The molecule has 0 aliphatic heterocycles. The molecule has 0 spiro atoms. The summed E-state index contributed by atoms with van der Waals surface area (Å²) in [5.41, 5.74) is 1.08. The van der Waals surface area contributed by atoms with Gasteiger partial charge < -0.3 is 10.4 Å². The Bertz CT molecular complexity index is 421. The molecule has 1 fully saturated rings. The summed E-state index contributed by atoms with van der Waals surface area (Å²) in [6.07, 6.45) is 3.65. The summed E-state index contributed by atoms with van der Waals surface area (Å²) in [4.78, 5) is 22.3. The van der Waals surface area contributed by atoms with Crippen molar-refractivity contribution in [1.29, 1.82) is 0 Å². The standard InChI is InChI=1S/C13H15NO3/c15-12(14-11-2-1-3-11)8-9-4-6-10(7-5-9)13(16)17/h4-7,11H,1-3,8H2,(H,14,15)(H,16,17). The lowest BCUT2D eigenvalue weighted by Gasteiger charge is -2.26. The fraction of sp³-hybridized carbons (Fsp3) is 0.385. The Morgan fingerprint density at radius 1 is 1.24 bits per heavy atom. The maximum absolute atomic E-state index is 11.6. The van der Waals surface area contributed by atoms with Crippen LogP contribution < -0.4 is 5.32 Å². The Labute approximate surface area is 99.6 Å². The molecule has 0 radical (unpaired) electrons. The predicted molar refractivity (Wildman–Crippen MR) is 62.9 cm³/mol. The fourth-order valence-corrected chi connectivity index (χ4v) is 1.78. The van der Waals surface area contributed by atoms with Gasteiger partial charge in [-0.25, -0.2) is 4.79 Å². The van der Waals surface area contributed by atoms with Crippen LogP contribution in [0, 0.1) is 0 Å². The van der Waals surface area contributed by atoms with Gasteiger partial charge in [0.1, 0.15) is 0 Å². The van der Waals surface area contributed by atoms with E-state index in [1.54, 1.807) is 12.1 Å². The monoisotopic (exact) mass is 233 g/mol. The molecule has 1 aromatic rings. The number of rotatable bonds is 4. The molecule has 0 unspecified atom stereocenters. The van der Waals surface area contributed by atoms with Crippen LogP contribution >= 0.6 is 0 Å². The van der Waals surface area contributed by atoms with Crippen molar-refractivity contribution < 1.29 is 14.7 Å². The van der Waals surface area contributed by atoms with E-state index in [9.17, 15) is 9.59 Å². The van der Waals surface area contributed by atoms with E-state index in [1.165, 1.54) is 18.6 Å². The van der Waals surface area contributed by atoms with E-state index < -0.39 is 5.97 Å². The van der Waals surface area contributed by atoms with Gasteiger partial charge in [-0.3, -0.25) is 4.79 Å². The molecule has 0 aromatic heterocycles. The molecule has 4 heteroatoms. The lowest BCUT2D eigenvalue weighted by molar-refractivity contribution is -0.121. The van der Waals surface area contributed by atoms with Crippen molar-refractivity contribution >= 4 is 11.9 Å². The molecule has 0 atom stereocenters. The van der Waals surface area contributed by atoms with Gasteiger partial charge in [-0.2, -0.15) is 0 Å². The molecule has 1 saturated carbocycles. The SMILES string of the molecule is O=C(Cc1ccc(C(=O)O)cc1)NC1CCC1. The molecule has 0 bridgehead atoms. The van der Waals surface area contributed by atoms with Crippen LogP contribution in [0.25, 0.3) is 0 Å². The first-order chi connectivity index (χ1) is 8.15. The largest absolute Gasteiger partial charge is 0.478 e. The zero-order chi connectivity index (χ0) is 12.3. The van der Waals surface area contributed by atoms with Gasteiger partial charge in [0, 0.05) is 6.04 Å². The molecule has 2 rings (SSSR count). The molecule has 1 aromatic carbocycles. The number of aromatic carboxylic acids is 1. The first kappa shape index (κ1) is 11.6. The highest BCUT2D eigenvalue weighted by molar-refractivity contribution is 5.87. The smallest absolute Gasteiger partial charge is 0.335 e. The van der Waals surface area contributed by atoms with E-state index in [2.05, 4.69) is 5.32 Å². The Morgan fingerprint density at radius 3 is 2.35 bits per heavy atom. The summed E-state index contributed by atoms with van der Waals surface area (Å²) in [5.74, 6) is -0.937. The van der Waals surface area contributed by atoms with Crippen molar-refractivity contribution in [3.63, 3.8) is 0 Å². The molecule has 1 aliphatic rings. The molecule has 0 heterocycles. The first-order valence-corrected chi connectivity index (χ1v) is 5.77. The summed E-state index contributed by atoms with van der Waals surface area (Å²) in [5, 5.41) is 11.7. The van der Waals surface area contributed by atoms with Crippen molar-refractivity contribution in [1.82, 2.24) is 5.32 Å². The number of carboxylic acids is 1. The van der Waals surface area contributed by atoms with Gasteiger partial charge in [-0.05, 0) is 37.0 Å². The van der Waals surface area contributed by atoms with Gasteiger partial charge in [-0.15, -0.1) is 0 Å². The molecule has 2 N–H and O–H groups in total. The Hall–Kier alpha value is -1.84. The minimum Gasteiger partial charge on any atom is -0.478 e. The molecule has 90 valence electrons. The number of carboxylic acid groups (broad SMARTS) is 1. The molecular weight excluding hydrogens is 218 g/mol. The molecule has 1 aliphatic carbocycles. The molecular formula is C13H15NO3. The van der Waals surface area contributed by atoms with Crippen molar-refractivity contribution in [3.05, 3.63) is 35.4 Å². The summed E-state index contributed by atoms with van der Waals surface area (Å²) in [6, 6.07) is 6.76. The van der Waals surface area contributed by atoms with E-state index in [0.29, 0.717) is 12.5 Å². The molecule has 0 saturated heterocycles. The topological polar surface area (TPSA) is 66.4 Å². The van der Waals surface area contributed by atoms with Gasteiger partial charge in [0.05, 0.1) is 12.0 Å². The number of hydrogen-bond donors (Lipinski definition) is 2. The van der Waals surface area contributed by atoms with E-state index in [-0.39, 0.29) is 11.5 Å². The summed E-state index contributed by atoms with van der Waals surface area (Å²) in [6.45, 7) is 0. The third-order valence-corrected chi connectivity index (χ3v) is 3.04. The van der Waals surface area contributed by atoms with Crippen LogP contribution in [0.5, 0.6) is 0 Å². The van der Waals surface area contributed by atoms with Gasteiger partial charge in [0.2, 0.25) is 5.91 Å². The number of nitrogens with one attached hydrogen (secondary N) is 1. The molecule has 17 heavy (non-hydrogen) atoms. The Kier molecular flexibility index (Phi) is 3.42. The normalized spacial score (nSPS) is 15.1. The Morgan fingerprint density at radius 2 is 1.88 bits per heavy atom. The van der Waals surface area contributed by atoms with Gasteiger partial charge in [0.25, 0.3) is 0 Å². The lowest BCUT2D eigenvalue weighted by Crippen LogP contribution is -2.40. The average molecular weight is 233 g/mol. The zero-order valence-corrected chi connectivity index (χ0v) is 9.48. The molecule has 4 nitrogen and oxygen atoms in total. The van der Waals surface area contributed by atoms with E-state index in [4.69, 9.17) is 5.11 Å². The number of amides is 1. The van der Waals surface area contributed by atoms with Crippen LogP contribution in [0.2, 0.25) is 0 Å². The number of carbonyl (C=O) groups excluding carboxylic acids is 1. The lowest BCUT2D eigenvalue weighted by atomic mass is 9.93. The first-order valence-electron chi connectivity index (χ1n) is 5.77. The van der Waals surface area contributed by atoms with Crippen molar-refractivity contribution in [2.75, 3.05) is 0 Å².